The molecule has 6 N–H and O–H groups in total. The number of carbonyl (C=O) groups is 4. The molecular weight excluding hydrogens is 672 g/mol. The number of amides is 4. The third-order valence-electron chi connectivity index (χ3n) is 8.75. The summed E-state index contributed by atoms with van der Waals surface area (Å²) in [6.07, 6.45) is 1.04. The molecule has 5 rings (SSSR count). The van der Waals surface area contributed by atoms with Gasteiger partial charge in [-0.1, -0.05) is 117 Å². The Hall–Kier alpha value is -6.01. The highest BCUT2D eigenvalue weighted by Gasteiger charge is 2.33. The van der Waals surface area contributed by atoms with Crippen LogP contribution in [0.3, 0.4) is 0 Å². The number of benzene rings is 4. The van der Waals surface area contributed by atoms with E-state index in [1.807, 2.05) is 117 Å². The van der Waals surface area contributed by atoms with Crippen molar-refractivity contribution < 1.29 is 29.0 Å². The molecule has 4 amide bonds. The Morgan fingerprint density at radius 3 is 2.08 bits per heavy atom. The van der Waals surface area contributed by atoms with Gasteiger partial charge in [0, 0.05) is 31.3 Å². The Morgan fingerprint density at radius 2 is 1.38 bits per heavy atom. The van der Waals surface area contributed by atoms with Crippen molar-refractivity contribution in [3.8, 4) is 0 Å². The average Bonchev–Trinajstić information content (AvgIpc) is 3.69. The van der Waals surface area contributed by atoms with Crippen LogP contribution in [0.25, 0.3) is 10.8 Å². The normalized spacial score (nSPS) is 13.4. The van der Waals surface area contributed by atoms with Crippen LogP contribution in [0.4, 0.5) is 4.79 Å². The van der Waals surface area contributed by atoms with Crippen LogP contribution in [0.5, 0.6) is 0 Å². The van der Waals surface area contributed by atoms with Gasteiger partial charge in [-0.2, -0.15) is 0 Å². The smallest absolute Gasteiger partial charge is 0.408 e. The first kappa shape index (κ1) is 38.2. The Morgan fingerprint density at radius 1 is 0.736 bits per heavy atom. The van der Waals surface area contributed by atoms with Gasteiger partial charge < -0.3 is 36.1 Å². The number of aromatic nitrogens is 2. The van der Waals surface area contributed by atoms with E-state index < -0.39 is 48.0 Å². The van der Waals surface area contributed by atoms with Crippen molar-refractivity contribution in [2.75, 3.05) is 0 Å². The van der Waals surface area contributed by atoms with Crippen LogP contribution in [0.1, 0.15) is 42.7 Å². The minimum atomic E-state index is -1.56. The van der Waals surface area contributed by atoms with E-state index >= 15 is 0 Å². The number of aromatic amines is 1. The van der Waals surface area contributed by atoms with Gasteiger partial charge in [-0.05, 0) is 39.8 Å². The number of aliphatic hydroxyl groups excluding tert-OH is 1. The fourth-order valence-corrected chi connectivity index (χ4v) is 6.03. The summed E-state index contributed by atoms with van der Waals surface area (Å²) in [6, 6.07) is 28.6. The molecule has 12 nitrogen and oxygen atoms in total. The van der Waals surface area contributed by atoms with E-state index in [-0.39, 0.29) is 38.3 Å². The molecule has 1 heterocycles. The number of ether oxygens (including phenoxy) is 1. The molecule has 0 radical (unpaired) electrons. The molecule has 0 spiro atoms. The Labute approximate surface area is 308 Å². The number of imidazole rings is 1. The van der Waals surface area contributed by atoms with E-state index in [4.69, 9.17) is 4.74 Å². The highest BCUT2D eigenvalue weighted by Crippen LogP contribution is 2.20. The zero-order valence-corrected chi connectivity index (χ0v) is 29.8. The number of hydrogen-bond donors (Lipinski definition) is 6. The molecule has 0 bridgehead atoms. The SMILES string of the molecule is CC(C)C[C@H](NC(=O)[C@@H](Cc1cnc[nH]1)NC(=O)[C@@H](Cc1cccc2ccccc12)NC(=O)OCc1ccccc1)[C@H](O)C(=O)NCc1ccccc1. The zero-order chi connectivity index (χ0) is 37.6. The van der Waals surface area contributed by atoms with Gasteiger partial charge >= 0.3 is 6.09 Å². The molecule has 4 aromatic carbocycles. The van der Waals surface area contributed by atoms with Gasteiger partial charge in [0.25, 0.3) is 5.91 Å². The van der Waals surface area contributed by atoms with Crippen molar-refractivity contribution in [2.45, 2.75) is 70.5 Å². The van der Waals surface area contributed by atoms with Gasteiger partial charge in [-0.15, -0.1) is 0 Å². The van der Waals surface area contributed by atoms with E-state index in [0.29, 0.717) is 5.69 Å². The van der Waals surface area contributed by atoms with Crippen LogP contribution in [0, 0.1) is 5.92 Å². The van der Waals surface area contributed by atoms with E-state index in [9.17, 15) is 24.3 Å². The summed E-state index contributed by atoms with van der Waals surface area (Å²) >= 11 is 0. The molecule has 4 atom stereocenters. The second kappa shape index (κ2) is 19.0. The maximum absolute atomic E-state index is 14.2. The first-order valence-electron chi connectivity index (χ1n) is 17.7. The molecule has 0 aliphatic heterocycles. The van der Waals surface area contributed by atoms with Gasteiger partial charge in [0.15, 0.2) is 6.10 Å². The Balaban J connectivity index is 1.35. The minimum Gasteiger partial charge on any atom is -0.445 e. The fraction of sp³-hybridized carbons (Fsp3) is 0.293. The summed E-state index contributed by atoms with van der Waals surface area (Å²) in [6.45, 7) is 4.03. The van der Waals surface area contributed by atoms with E-state index in [2.05, 4.69) is 31.2 Å². The molecule has 0 saturated heterocycles. The molecule has 5 aromatic rings. The number of nitrogens with one attached hydrogen (secondary N) is 5. The quantitative estimate of drug-likeness (QED) is 0.0830. The predicted molar refractivity (Wildman–Crippen MR) is 201 cm³/mol. The molecular formula is C41H46N6O6. The summed E-state index contributed by atoms with van der Waals surface area (Å²) in [5.74, 6) is -1.88. The number of fused-ring (bicyclic) bond motifs is 1. The van der Waals surface area contributed by atoms with Crippen LogP contribution < -0.4 is 21.3 Å². The van der Waals surface area contributed by atoms with E-state index in [0.717, 1.165) is 27.5 Å². The number of aliphatic hydroxyl groups is 1. The average molecular weight is 719 g/mol. The molecule has 12 heteroatoms. The van der Waals surface area contributed by atoms with Gasteiger partial charge in [-0.25, -0.2) is 9.78 Å². The van der Waals surface area contributed by atoms with Crippen molar-refractivity contribution in [3.63, 3.8) is 0 Å². The molecule has 53 heavy (non-hydrogen) atoms. The lowest BCUT2D eigenvalue weighted by Gasteiger charge is -2.28. The number of hydrogen-bond acceptors (Lipinski definition) is 7. The lowest BCUT2D eigenvalue weighted by atomic mass is 9.97. The van der Waals surface area contributed by atoms with Gasteiger partial charge in [0.1, 0.15) is 18.7 Å². The van der Waals surface area contributed by atoms with Crippen LogP contribution in [-0.2, 0) is 45.1 Å². The fourth-order valence-electron chi connectivity index (χ4n) is 6.03. The predicted octanol–water partition coefficient (Wildman–Crippen LogP) is 4.34. The summed E-state index contributed by atoms with van der Waals surface area (Å²) in [5.41, 5.74) is 3.01. The maximum Gasteiger partial charge on any atom is 0.408 e. The second-order valence-electron chi connectivity index (χ2n) is 13.3. The van der Waals surface area contributed by atoms with Crippen LogP contribution in [0.15, 0.2) is 116 Å². The van der Waals surface area contributed by atoms with Crippen molar-refractivity contribution in [2.24, 2.45) is 5.92 Å². The molecule has 0 saturated carbocycles. The molecule has 0 unspecified atom stereocenters. The lowest BCUT2D eigenvalue weighted by molar-refractivity contribution is -0.134. The van der Waals surface area contributed by atoms with Crippen molar-refractivity contribution in [1.29, 1.82) is 0 Å². The van der Waals surface area contributed by atoms with E-state index in [1.165, 1.54) is 12.5 Å². The number of nitrogens with zero attached hydrogens (tertiary/aromatic N) is 1. The standard InChI is InChI=1S/C41H46N6O6/c1-27(2)20-34(37(48)40(51)43-23-28-12-5-3-6-13-28)45-39(50)36(22-32-24-42-26-44-32)46-38(49)35(47-41(52)53-25-29-14-7-4-8-15-29)21-31-18-11-17-30-16-9-10-19-33(30)31/h3-19,24,26-27,34-37,48H,20-23,25H2,1-2H3,(H,42,44)(H,43,51)(H,45,50)(H,46,49)(H,47,52)/t34-,35+,36+,37-/m0/s1. The molecule has 0 aliphatic carbocycles. The zero-order valence-electron chi connectivity index (χ0n) is 29.8. The number of carbonyl (C=O) groups excluding carboxylic acids is 4. The molecule has 276 valence electrons. The topological polar surface area (TPSA) is 175 Å². The summed E-state index contributed by atoms with van der Waals surface area (Å²) in [5, 5.41) is 24.1. The van der Waals surface area contributed by atoms with Crippen LogP contribution >= 0.6 is 0 Å². The molecule has 1 aromatic heterocycles. The lowest BCUT2D eigenvalue weighted by Crippen LogP contribution is -2.58. The number of rotatable bonds is 17. The summed E-state index contributed by atoms with van der Waals surface area (Å²) < 4.78 is 5.47. The summed E-state index contributed by atoms with van der Waals surface area (Å²) in [7, 11) is 0. The number of alkyl carbamates (subject to hydrolysis) is 1. The minimum absolute atomic E-state index is 0.00136. The first-order valence-corrected chi connectivity index (χ1v) is 17.7. The van der Waals surface area contributed by atoms with E-state index in [1.54, 1.807) is 0 Å². The first-order chi connectivity index (χ1) is 25.7. The van der Waals surface area contributed by atoms with Gasteiger partial charge in [0.2, 0.25) is 11.8 Å². The second-order valence-corrected chi connectivity index (χ2v) is 13.3. The Kier molecular flexibility index (Phi) is 13.7. The molecule has 0 aliphatic rings. The largest absolute Gasteiger partial charge is 0.445 e. The third kappa shape index (κ3) is 11.5. The monoisotopic (exact) mass is 718 g/mol. The maximum atomic E-state index is 14.2. The van der Waals surface area contributed by atoms with Gasteiger partial charge in [-0.3, -0.25) is 14.4 Å². The molecule has 0 fully saturated rings. The van der Waals surface area contributed by atoms with Crippen molar-refractivity contribution in [1.82, 2.24) is 31.2 Å². The summed E-state index contributed by atoms with van der Waals surface area (Å²) in [4.78, 5) is 61.4. The van der Waals surface area contributed by atoms with Crippen molar-refractivity contribution in [3.05, 3.63) is 138 Å². The van der Waals surface area contributed by atoms with Crippen molar-refractivity contribution >= 4 is 34.6 Å². The number of H-pyrrole nitrogens is 1. The Bertz CT molecular complexity index is 1930. The van der Waals surface area contributed by atoms with Crippen LogP contribution in [-0.4, -0.2) is 63.1 Å². The van der Waals surface area contributed by atoms with Crippen LogP contribution in [0.2, 0.25) is 0 Å². The third-order valence-corrected chi connectivity index (χ3v) is 8.75. The highest BCUT2D eigenvalue weighted by molar-refractivity contribution is 5.93. The highest BCUT2D eigenvalue weighted by atomic mass is 16.5. The van der Waals surface area contributed by atoms with Gasteiger partial charge in [0.05, 0.1) is 12.4 Å².